The topological polar surface area (TPSA) is 155 Å². The van der Waals surface area contributed by atoms with Gasteiger partial charge in [-0.3, -0.25) is 23.4 Å². The average molecular weight is 1110 g/mol. The lowest BCUT2D eigenvalue weighted by atomic mass is 10.0. The third kappa shape index (κ3) is 57.1. The summed E-state index contributed by atoms with van der Waals surface area (Å²) in [6.07, 6.45) is 70.7. The molecule has 3 unspecified atom stereocenters. The minimum Gasteiger partial charge on any atom is -0.462 e. The minimum atomic E-state index is -4.76. The van der Waals surface area contributed by atoms with Crippen LogP contribution >= 0.6 is 7.82 Å². The Morgan fingerprint density at radius 3 is 1.03 bits per heavy atom. The first kappa shape index (κ1) is 74.4. The zero-order valence-electron chi connectivity index (χ0n) is 49.6. The van der Waals surface area contributed by atoms with Crippen LogP contribution in [0, 0.1) is 0 Å². The van der Waals surface area contributed by atoms with Crippen molar-refractivity contribution in [2.24, 2.45) is 0 Å². The number of hydrogen-bond acceptors (Lipinski definition) is 10. The Morgan fingerprint density at radius 2 is 0.667 bits per heavy atom. The molecule has 0 heterocycles. The zero-order chi connectivity index (χ0) is 56.9. The van der Waals surface area contributed by atoms with Crippen LogP contribution in [0.2, 0.25) is 0 Å². The predicted octanol–water partition coefficient (Wildman–Crippen LogP) is 18.8. The van der Waals surface area contributed by atoms with Gasteiger partial charge >= 0.3 is 25.7 Å². The third-order valence-corrected chi connectivity index (χ3v) is 14.0. The predicted molar refractivity (Wildman–Crippen MR) is 325 cm³/mol. The monoisotopic (exact) mass is 1110 g/mol. The number of unbranched alkanes of at least 4 members (excludes halogenated alkanes) is 24. The lowest BCUT2D eigenvalue weighted by Gasteiger charge is -2.21. The third-order valence-electron chi connectivity index (χ3n) is 13.0. The van der Waals surface area contributed by atoms with E-state index < -0.39 is 57.8 Å². The zero-order valence-corrected chi connectivity index (χ0v) is 50.5. The van der Waals surface area contributed by atoms with Gasteiger partial charge in [0.15, 0.2) is 6.10 Å². The number of rotatable bonds is 57. The molecule has 0 radical (unpaired) electrons. The van der Waals surface area contributed by atoms with Gasteiger partial charge in [0.2, 0.25) is 0 Å². The second-order valence-electron chi connectivity index (χ2n) is 20.5. The van der Waals surface area contributed by atoms with E-state index in [4.69, 9.17) is 23.3 Å². The van der Waals surface area contributed by atoms with Crippen molar-refractivity contribution in [2.45, 2.75) is 277 Å². The van der Waals surface area contributed by atoms with Gasteiger partial charge in [-0.1, -0.05) is 246 Å². The Labute approximate surface area is 476 Å². The van der Waals surface area contributed by atoms with Crippen molar-refractivity contribution in [1.29, 1.82) is 0 Å². The molecule has 2 N–H and O–H groups in total. The number of carbonyl (C=O) groups excluding carboxylic acids is 3. The lowest BCUT2D eigenvalue weighted by Crippen LogP contribution is -2.30. The van der Waals surface area contributed by atoms with Crippen molar-refractivity contribution in [3.05, 3.63) is 97.2 Å². The van der Waals surface area contributed by atoms with Crippen LogP contribution in [-0.2, 0) is 42.2 Å². The summed E-state index contributed by atoms with van der Waals surface area (Å²) in [5.74, 6) is -1.49. The fourth-order valence-corrected chi connectivity index (χ4v) is 9.12. The van der Waals surface area contributed by atoms with Gasteiger partial charge in [0, 0.05) is 19.3 Å². The van der Waals surface area contributed by atoms with Crippen LogP contribution in [0.5, 0.6) is 0 Å². The molecule has 0 aromatic carbocycles. The molecule has 0 aliphatic rings. The van der Waals surface area contributed by atoms with E-state index in [2.05, 4.69) is 118 Å². The van der Waals surface area contributed by atoms with E-state index in [-0.39, 0.29) is 25.9 Å². The van der Waals surface area contributed by atoms with Gasteiger partial charge in [-0.15, -0.1) is 0 Å². The number of phosphoric acid groups is 1. The molecule has 3 atom stereocenters. The highest BCUT2D eigenvalue weighted by Gasteiger charge is 2.28. The number of hydrogen-bond donors (Lipinski definition) is 2. The van der Waals surface area contributed by atoms with E-state index in [9.17, 15) is 28.9 Å². The summed E-state index contributed by atoms with van der Waals surface area (Å²) < 4.78 is 39.6. The van der Waals surface area contributed by atoms with Crippen molar-refractivity contribution in [1.82, 2.24) is 0 Å². The first-order valence-corrected chi connectivity index (χ1v) is 32.6. The number of aliphatic hydroxyl groups excluding tert-OH is 1. The molecule has 0 aromatic rings. The summed E-state index contributed by atoms with van der Waals surface area (Å²) in [5, 5.41) is 9.85. The molecule has 12 heteroatoms. The number of allylic oxidation sites excluding steroid dienone is 16. The minimum absolute atomic E-state index is 0.148. The number of carbonyl (C=O) groups is 3. The number of aliphatic hydroxyl groups is 1. The van der Waals surface area contributed by atoms with Crippen LogP contribution in [-0.4, -0.2) is 66.5 Å². The van der Waals surface area contributed by atoms with Gasteiger partial charge in [-0.05, 0) is 96.3 Å². The summed E-state index contributed by atoms with van der Waals surface area (Å²) in [4.78, 5) is 48.7. The summed E-state index contributed by atoms with van der Waals surface area (Å²) >= 11 is 0. The smallest absolute Gasteiger partial charge is 0.462 e. The van der Waals surface area contributed by atoms with Gasteiger partial charge in [0.05, 0.1) is 19.8 Å². The molecule has 0 amide bonds. The van der Waals surface area contributed by atoms with Crippen LogP contribution in [0.15, 0.2) is 97.2 Å². The molecule has 0 saturated heterocycles. The van der Waals surface area contributed by atoms with E-state index in [1.807, 2.05) is 0 Å². The molecular formula is C66H113O11P. The highest BCUT2D eigenvalue weighted by Crippen LogP contribution is 2.43. The van der Waals surface area contributed by atoms with Crippen molar-refractivity contribution >= 4 is 25.7 Å². The van der Waals surface area contributed by atoms with Crippen molar-refractivity contribution < 1.29 is 52.2 Å². The van der Waals surface area contributed by atoms with E-state index in [0.717, 1.165) is 148 Å². The number of phosphoric ester groups is 1. The van der Waals surface area contributed by atoms with Gasteiger partial charge in [-0.2, -0.15) is 0 Å². The highest BCUT2D eigenvalue weighted by atomic mass is 31.2. The summed E-state index contributed by atoms with van der Waals surface area (Å²) in [7, 11) is -4.76. The normalized spacial score (nSPS) is 14.0. The Hall–Kier alpha value is -3.60. The van der Waals surface area contributed by atoms with Crippen LogP contribution in [0.25, 0.3) is 0 Å². The van der Waals surface area contributed by atoms with Gasteiger partial charge < -0.3 is 24.2 Å². The van der Waals surface area contributed by atoms with Crippen molar-refractivity contribution in [3.8, 4) is 0 Å². The molecule has 0 aliphatic carbocycles. The Bertz CT molecular complexity index is 1680. The van der Waals surface area contributed by atoms with E-state index in [1.165, 1.54) is 57.8 Å². The molecule has 448 valence electrons. The SMILES string of the molecule is CC/C=C\C/C=C\C/C=C\C/C=C\CCCCCCCCC(=O)OC(CO)COP(=O)(O)OCC(COC(=O)CCCCCCCCCCCCCCC)OC(=O)CCCCCCCC/C=C\C/C=C\C/C=C\C/C=C\CC. The van der Waals surface area contributed by atoms with E-state index in [0.29, 0.717) is 19.3 Å². The molecule has 0 aliphatic heterocycles. The number of esters is 3. The van der Waals surface area contributed by atoms with Crippen molar-refractivity contribution in [3.63, 3.8) is 0 Å². The van der Waals surface area contributed by atoms with Crippen LogP contribution in [0.1, 0.15) is 265 Å². The maximum atomic E-state index is 12.9. The largest absolute Gasteiger partial charge is 0.472 e. The molecule has 0 bridgehead atoms. The van der Waals surface area contributed by atoms with E-state index in [1.54, 1.807) is 0 Å². The molecule has 11 nitrogen and oxygen atoms in total. The summed E-state index contributed by atoms with van der Waals surface area (Å²) in [5.41, 5.74) is 0. The molecular weight excluding hydrogens is 1000 g/mol. The van der Waals surface area contributed by atoms with Crippen LogP contribution in [0.4, 0.5) is 0 Å². The van der Waals surface area contributed by atoms with E-state index >= 15 is 0 Å². The lowest BCUT2D eigenvalue weighted by molar-refractivity contribution is -0.161. The molecule has 0 saturated carbocycles. The fraction of sp³-hybridized carbons (Fsp3) is 0.712. The summed E-state index contributed by atoms with van der Waals surface area (Å²) in [6.45, 7) is 4.41. The quantitative estimate of drug-likeness (QED) is 0.0197. The van der Waals surface area contributed by atoms with Gasteiger partial charge in [0.1, 0.15) is 12.7 Å². The highest BCUT2D eigenvalue weighted by molar-refractivity contribution is 7.47. The Morgan fingerprint density at radius 1 is 0.372 bits per heavy atom. The standard InChI is InChI=1S/C66H113O11P/c1-4-7-10-13-16-19-22-25-27-29-31-33-35-38-41-44-47-50-53-56-65(69)76-62(58-67)60-74-78(71,72)75-61-63(59-73-64(68)55-52-49-46-43-40-37-24-21-18-15-12-9-6-3)77-66(70)57-54-51-48-45-42-39-36-34-32-30-28-26-23-20-17-14-11-8-5-2/h7-8,10-11,16-17,19-20,25-28,31-34,62-63,67H,4-6,9,12-15,18,21-24,29-30,35-61H2,1-3H3,(H,71,72)/b10-7-,11-8-,19-16-,20-17-,27-25-,28-26-,33-31-,34-32-. The molecule has 0 rings (SSSR count). The maximum Gasteiger partial charge on any atom is 0.472 e. The van der Waals surface area contributed by atoms with Crippen molar-refractivity contribution in [2.75, 3.05) is 26.4 Å². The molecule has 0 aromatic heterocycles. The first-order valence-electron chi connectivity index (χ1n) is 31.1. The maximum absolute atomic E-state index is 12.9. The Balaban J connectivity index is 4.71. The van der Waals surface area contributed by atoms with Crippen LogP contribution < -0.4 is 0 Å². The Kier molecular flexibility index (Phi) is 56.8. The molecule has 0 spiro atoms. The van der Waals surface area contributed by atoms with Crippen LogP contribution in [0.3, 0.4) is 0 Å². The van der Waals surface area contributed by atoms with Gasteiger partial charge in [-0.25, -0.2) is 4.57 Å². The summed E-state index contributed by atoms with van der Waals surface area (Å²) in [6, 6.07) is 0. The second kappa shape index (κ2) is 59.5. The second-order valence-corrected chi connectivity index (χ2v) is 21.9. The van der Waals surface area contributed by atoms with Gasteiger partial charge in [0.25, 0.3) is 0 Å². The fourth-order valence-electron chi connectivity index (χ4n) is 8.34. The molecule has 78 heavy (non-hydrogen) atoms. The number of ether oxygens (including phenoxy) is 3. The average Bonchev–Trinajstić information content (AvgIpc) is 3.43. The first-order chi connectivity index (χ1) is 38.2. The molecule has 0 fully saturated rings.